The second kappa shape index (κ2) is 34.9. The van der Waals surface area contributed by atoms with Gasteiger partial charge in [-0.25, -0.2) is 5.48 Å². The molecule has 2 heteroatoms. The molecular weight excluding hydrogens is 438 g/mol. The van der Waals surface area contributed by atoms with Crippen molar-refractivity contribution >= 4 is 0 Å². The fraction of sp³-hybridized carbons (Fsp3) is 1.00. The fourth-order valence-corrected chi connectivity index (χ4v) is 5.26. The predicted octanol–water partition coefficient (Wildman–Crippen LogP) is 12.3. The Labute approximate surface area is 229 Å². The Kier molecular flexibility index (Phi) is 34.8. The molecule has 0 aromatic heterocycles. The minimum absolute atomic E-state index is 0.886. The molecule has 0 aliphatic heterocycles. The van der Waals surface area contributed by atoms with E-state index >= 15 is 0 Å². The molecule has 2 nitrogen and oxygen atoms in total. The molecule has 0 aromatic carbocycles. The van der Waals surface area contributed by atoms with Gasteiger partial charge in [0.2, 0.25) is 0 Å². The van der Waals surface area contributed by atoms with Crippen LogP contribution in [0.25, 0.3) is 0 Å². The summed E-state index contributed by atoms with van der Waals surface area (Å²) in [6.45, 7) is 6.51. The molecule has 0 aliphatic rings. The highest BCUT2D eigenvalue weighted by Crippen LogP contribution is 2.14. The van der Waals surface area contributed by atoms with Crippen LogP contribution in [0.4, 0.5) is 0 Å². The lowest BCUT2D eigenvalue weighted by molar-refractivity contribution is 0.0376. The quantitative estimate of drug-likeness (QED) is 0.0701. The highest BCUT2D eigenvalue weighted by molar-refractivity contribution is 4.51. The van der Waals surface area contributed by atoms with Crippen LogP contribution >= 0.6 is 0 Å². The molecule has 0 atom stereocenters. The molecule has 0 bridgehead atoms. The molecule has 0 amide bonds. The van der Waals surface area contributed by atoms with Gasteiger partial charge in [0.05, 0.1) is 6.61 Å². The average molecular weight is 510 g/mol. The van der Waals surface area contributed by atoms with Crippen molar-refractivity contribution in [2.24, 2.45) is 0 Å². The van der Waals surface area contributed by atoms with Gasteiger partial charge in [0, 0.05) is 6.54 Å². The van der Waals surface area contributed by atoms with Gasteiger partial charge in [-0.3, -0.25) is 0 Å². The van der Waals surface area contributed by atoms with Crippen LogP contribution in [-0.4, -0.2) is 13.2 Å². The molecule has 1 N–H and O–H groups in total. The first-order valence-corrected chi connectivity index (χ1v) is 17.3. The lowest BCUT2D eigenvalue weighted by Gasteiger charge is -2.06. The smallest absolute Gasteiger partial charge is 0.0682 e. The summed E-state index contributed by atoms with van der Waals surface area (Å²) < 4.78 is 0. The molecule has 0 fully saturated rings. The van der Waals surface area contributed by atoms with Gasteiger partial charge in [-0.05, 0) is 12.8 Å². The first-order valence-electron chi connectivity index (χ1n) is 17.3. The van der Waals surface area contributed by atoms with Crippen molar-refractivity contribution in [2.75, 3.05) is 13.2 Å². The monoisotopic (exact) mass is 510 g/mol. The molecule has 0 aromatic rings. The molecule has 36 heavy (non-hydrogen) atoms. The van der Waals surface area contributed by atoms with E-state index in [4.69, 9.17) is 4.84 Å². The van der Waals surface area contributed by atoms with Crippen molar-refractivity contribution in [1.29, 1.82) is 0 Å². The van der Waals surface area contributed by atoms with E-state index in [1.54, 1.807) is 0 Å². The Balaban J connectivity index is 3.00. The molecule has 0 spiro atoms. The predicted molar refractivity (Wildman–Crippen MR) is 164 cm³/mol. The van der Waals surface area contributed by atoms with Crippen LogP contribution in [0.15, 0.2) is 0 Å². The zero-order valence-electron chi connectivity index (χ0n) is 25.5. The van der Waals surface area contributed by atoms with Crippen molar-refractivity contribution in [3.63, 3.8) is 0 Å². The molecule has 0 aliphatic carbocycles. The number of hydrogen-bond donors (Lipinski definition) is 1. The second-order valence-electron chi connectivity index (χ2n) is 11.6. The summed E-state index contributed by atoms with van der Waals surface area (Å²) in [6, 6.07) is 0. The second-order valence-corrected chi connectivity index (χ2v) is 11.6. The van der Waals surface area contributed by atoms with E-state index < -0.39 is 0 Å². The van der Waals surface area contributed by atoms with Gasteiger partial charge in [0.1, 0.15) is 0 Å². The summed E-state index contributed by atoms with van der Waals surface area (Å²) in [5, 5.41) is 0. The van der Waals surface area contributed by atoms with E-state index in [0.717, 1.165) is 13.2 Å². The van der Waals surface area contributed by atoms with E-state index in [2.05, 4.69) is 19.3 Å². The zero-order valence-corrected chi connectivity index (χ0v) is 25.5. The van der Waals surface area contributed by atoms with Crippen LogP contribution in [0.3, 0.4) is 0 Å². The molecule has 0 heterocycles. The lowest BCUT2D eigenvalue weighted by Crippen LogP contribution is -2.16. The van der Waals surface area contributed by atoms with E-state index in [9.17, 15) is 0 Å². The van der Waals surface area contributed by atoms with Gasteiger partial charge in [-0.2, -0.15) is 0 Å². The van der Waals surface area contributed by atoms with E-state index in [1.165, 1.54) is 193 Å². The molecule has 0 saturated carbocycles. The van der Waals surface area contributed by atoms with E-state index in [0.29, 0.717) is 0 Å². The topological polar surface area (TPSA) is 21.3 Å². The molecular formula is C34H71NO. The Bertz CT molecular complexity index is 325. The van der Waals surface area contributed by atoms with E-state index in [1.807, 2.05) is 0 Å². The minimum atomic E-state index is 0.886. The van der Waals surface area contributed by atoms with Crippen LogP contribution in [0, 0.1) is 0 Å². The van der Waals surface area contributed by atoms with Crippen LogP contribution in [0.5, 0.6) is 0 Å². The Morgan fingerprint density at radius 2 is 0.556 bits per heavy atom. The Morgan fingerprint density at radius 3 is 0.861 bits per heavy atom. The third-order valence-corrected chi connectivity index (χ3v) is 7.83. The van der Waals surface area contributed by atoms with Gasteiger partial charge in [-0.1, -0.05) is 194 Å². The lowest BCUT2D eigenvalue weighted by atomic mass is 10.0. The molecule has 0 saturated heterocycles. The summed E-state index contributed by atoms with van der Waals surface area (Å²) in [6.07, 6.45) is 42.7. The van der Waals surface area contributed by atoms with Crippen molar-refractivity contribution in [2.45, 2.75) is 206 Å². The van der Waals surface area contributed by atoms with Crippen molar-refractivity contribution in [1.82, 2.24) is 5.48 Å². The van der Waals surface area contributed by atoms with Gasteiger partial charge >= 0.3 is 0 Å². The molecule has 0 unspecified atom stereocenters. The summed E-state index contributed by atoms with van der Waals surface area (Å²) >= 11 is 0. The number of hydrogen-bond acceptors (Lipinski definition) is 2. The van der Waals surface area contributed by atoms with Crippen LogP contribution in [0.1, 0.15) is 206 Å². The minimum Gasteiger partial charge on any atom is -0.302 e. The Hall–Kier alpha value is -0.0800. The maximum atomic E-state index is 5.62. The van der Waals surface area contributed by atoms with Crippen LogP contribution in [-0.2, 0) is 4.84 Å². The largest absolute Gasteiger partial charge is 0.302 e. The van der Waals surface area contributed by atoms with Gasteiger partial charge in [0.25, 0.3) is 0 Å². The van der Waals surface area contributed by atoms with Crippen molar-refractivity contribution in [3.8, 4) is 0 Å². The first-order chi connectivity index (χ1) is 17.9. The maximum Gasteiger partial charge on any atom is 0.0682 e. The SMILES string of the molecule is CCCCCCCCCCCCCCCCCCONCCCCCCCCCCCCCCCC. The van der Waals surface area contributed by atoms with Crippen LogP contribution in [0.2, 0.25) is 0 Å². The summed E-state index contributed by atoms with van der Waals surface area (Å²) in [5.74, 6) is 0. The fourth-order valence-electron chi connectivity index (χ4n) is 5.26. The highest BCUT2D eigenvalue weighted by atomic mass is 16.6. The number of nitrogens with one attached hydrogen (secondary N) is 1. The van der Waals surface area contributed by atoms with Crippen LogP contribution < -0.4 is 5.48 Å². The third-order valence-electron chi connectivity index (χ3n) is 7.83. The van der Waals surface area contributed by atoms with E-state index in [-0.39, 0.29) is 0 Å². The molecule has 218 valence electrons. The summed E-state index contributed by atoms with van der Waals surface area (Å²) in [4.78, 5) is 5.62. The Morgan fingerprint density at radius 1 is 0.306 bits per heavy atom. The maximum absolute atomic E-state index is 5.62. The zero-order chi connectivity index (χ0) is 26.0. The van der Waals surface area contributed by atoms with Gasteiger partial charge < -0.3 is 4.84 Å². The number of unbranched alkanes of at least 4 members (excludes halogenated alkanes) is 28. The third kappa shape index (κ3) is 33.9. The van der Waals surface area contributed by atoms with Crippen molar-refractivity contribution < 1.29 is 4.84 Å². The normalized spacial score (nSPS) is 11.5. The summed E-state index contributed by atoms with van der Waals surface area (Å²) in [5.41, 5.74) is 3.18. The highest BCUT2D eigenvalue weighted by Gasteiger charge is 1.96. The first kappa shape index (κ1) is 35.9. The molecule has 0 rings (SSSR count). The number of hydroxylamine groups is 1. The van der Waals surface area contributed by atoms with Gasteiger partial charge in [0.15, 0.2) is 0 Å². The average Bonchev–Trinajstić information content (AvgIpc) is 2.89. The number of rotatable bonds is 33. The van der Waals surface area contributed by atoms with Crippen molar-refractivity contribution in [3.05, 3.63) is 0 Å². The molecule has 0 radical (unpaired) electrons. The standard InChI is InChI=1S/C34H71NO/c1-3-5-7-9-11-13-15-17-19-20-22-24-26-28-30-32-34-36-35-33-31-29-27-25-23-21-18-16-14-12-10-8-6-4-2/h35H,3-34H2,1-2H3. The van der Waals surface area contributed by atoms with Gasteiger partial charge in [-0.15, -0.1) is 0 Å². The summed E-state index contributed by atoms with van der Waals surface area (Å²) in [7, 11) is 0.